The summed E-state index contributed by atoms with van der Waals surface area (Å²) in [6, 6.07) is 3.75. The smallest absolute Gasteiger partial charge is 0.231 e. The summed E-state index contributed by atoms with van der Waals surface area (Å²) in [5.41, 5.74) is 7.18. The number of H-pyrrole nitrogens is 1. The van der Waals surface area contributed by atoms with E-state index in [1.807, 2.05) is 12.1 Å². The van der Waals surface area contributed by atoms with Crippen molar-refractivity contribution in [3.63, 3.8) is 0 Å². The molecule has 0 aliphatic carbocycles. The number of nitrogens with zero attached hydrogens (tertiary/aromatic N) is 1. The Bertz CT molecular complexity index is 482. The highest BCUT2D eigenvalue weighted by atomic mass is 16.7. The predicted molar refractivity (Wildman–Crippen MR) is 59.8 cm³/mol. The third-order valence-corrected chi connectivity index (χ3v) is 2.41. The maximum atomic E-state index is 5.41. The minimum atomic E-state index is 0.278. The van der Waals surface area contributed by atoms with Crippen molar-refractivity contribution in [1.82, 2.24) is 9.97 Å². The van der Waals surface area contributed by atoms with Gasteiger partial charge in [-0.25, -0.2) is 4.98 Å². The molecule has 4 N–H and O–H groups in total. The number of benzene rings is 1. The number of fused-ring (bicyclic) bond motifs is 2. The van der Waals surface area contributed by atoms with Gasteiger partial charge in [0, 0.05) is 25.2 Å². The summed E-state index contributed by atoms with van der Waals surface area (Å²) in [6.45, 7) is 1.53. The van der Waals surface area contributed by atoms with Crippen molar-refractivity contribution in [2.45, 2.75) is 0 Å². The van der Waals surface area contributed by atoms with Gasteiger partial charge in [-0.15, -0.1) is 0 Å². The Hall–Kier alpha value is -1.95. The predicted octanol–water partition coefficient (Wildman–Crippen LogP) is 0.662. The second kappa shape index (κ2) is 3.57. The zero-order valence-corrected chi connectivity index (χ0v) is 8.62. The third-order valence-electron chi connectivity index (χ3n) is 2.41. The van der Waals surface area contributed by atoms with Gasteiger partial charge >= 0.3 is 0 Å². The molecule has 2 aromatic rings. The molecular formula is C10H12N4O2. The van der Waals surface area contributed by atoms with Crippen molar-refractivity contribution in [3.8, 4) is 11.5 Å². The van der Waals surface area contributed by atoms with Gasteiger partial charge in [-0.05, 0) is 0 Å². The van der Waals surface area contributed by atoms with Crippen molar-refractivity contribution in [1.29, 1.82) is 0 Å². The topological polar surface area (TPSA) is 85.2 Å². The van der Waals surface area contributed by atoms with E-state index in [9.17, 15) is 0 Å². The number of aromatic amines is 1. The van der Waals surface area contributed by atoms with Gasteiger partial charge in [0.2, 0.25) is 12.7 Å². The van der Waals surface area contributed by atoms with Crippen molar-refractivity contribution >= 4 is 17.0 Å². The molecule has 3 rings (SSSR count). The first kappa shape index (κ1) is 9.29. The van der Waals surface area contributed by atoms with Crippen molar-refractivity contribution in [2.24, 2.45) is 5.73 Å². The van der Waals surface area contributed by atoms with Crippen LogP contribution in [0.5, 0.6) is 11.5 Å². The van der Waals surface area contributed by atoms with Gasteiger partial charge in [0.25, 0.3) is 0 Å². The molecule has 84 valence electrons. The number of nitrogens with two attached hydrogens (primary N) is 1. The maximum Gasteiger partial charge on any atom is 0.231 e. The molecule has 0 amide bonds. The molecule has 1 aliphatic heterocycles. The summed E-state index contributed by atoms with van der Waals surface area (Å²) < 4.78 is 10.6. The lowest BCUT2D eigenvalue weighted by Gasteiger charge is -1.96. The standard InChI is InChI=1S/C10H12N4O2/c11-1-2-12-10-13-6-3-8-9(16-5-15-8)4-7(6)14-10/h3-4H,1-2,5,11H2,(H2,12,13,14). The molecule has 0 saturated heterocycles. The molecule has 1 aromatic carbocycles. The molecule has 1 aromatic heterocycles. The first-order valence-corrected chi connectivity index (χ1v) is 5.10. The Kier molecular flexibility index (Phi) is 2.07. The molecule has 0 radical (unpaired) electrons. The van der Waals surface area contributed by atoms with Gasteiger partial charge in [0.1, 0.15) is 0 Å². The average molecular weight is 220 g/mol. The van der Waals surface area contributed by atoms with Crippen LogP contribution in [0.15, 0.2) is 12.1 Å². The molecule has 0 spiro atoms. The number of ether oxygens (including phenoxy) is 2. The van der Waals surface area contributed by atoms with Gasteiger partial charge in [-0.2, -0.15) is 0 Å². The minimum Gasteiger partial charge on any atom is -0.454 e. The molecule has 6 nitrogen and oxygen atoms in total. The van der Waals surface area contributed by atoms with Crippen LogP contribution in [0.25, 0.3) is 11.0 Å². The van der Waals surface area contributed by atoms with E-state index in [0.717, 1.165) is 22.5 Å². The van der Waals surface area contributed by atoms with Crippen LogP contribution in [0.2, 0.25) is 0 Å². The Morgan fingerprint density at radius 1 is 1.38 bits per heavy atom. The molecule has 6 heteroatoms. The number of anilines is 1. The fourth-order valence-electron chi connectivity index (χ4n) is 1.67. The van der Waals surface area contributed by atoms with Crippen LogP contribution in [0.3, 0.4) is 0 Å². The number of aromatic nitrogens is 2. The molecule has 2 heterocycles. The van der Waals surface area contributed by atoms with Crippen molar-refractivity contribution < 1.29 is 9.47 Å². The summed E-state index contributed by atoms with van der Waals surface area (Å²) in [6.07, 6.45) is 0. The molecular weight excluding hydrogens is 208 g/mol. The third kappa shape index (κ3) is 1.43. The lowest BCUT2D eigenvalue weighted by molar-refractivity contribution is 0.174. The Morgan fingerprint density at radius 2 is 2.19 bits per heavy atom. The normalized spacial score (nSPS) is 13.3. The Labute approximate surface area is 91.7 Å². The number of imidazole rings is 1. The van der Waals surface area contributed by atoms with E-state index in [0.29, 0.717) is 19.0 Å². The number of rotatable bonds is 3. The Balaban J connectivity index is 1.99. The van der Waals surface area contributed by atoms with E-state index in [-0.39, 0.29) is 6.79 Å². The molecule has 0 atom stereocenters. The molecule has 16 heavy (non-hydrogen) atoms. The summed E-state index contributed by atoms with van der Waals surface area (Å²) in [5.74, 6) is 2.20. The number of nitrogens with one attached hydrogen (secondary N) is 2. The minimum absolute atomic E-state index is 0.278. The zero-order valence-electron chi connectivity index (χ0n) is 8.62. The van der Waals surface area contributed by atoms with E-state index in [1.165, 1.54) is 0 Å². The monoisotopic (exact) mass is 220 g/mol. The quantitative estimate of drug-likeness (QED) is 0.707. The van der Waals surface area contributed by atoms with E-state index in [4.69, 9.17) is 15.2 Å². The number of hydrogen-bond donors (Lipinski definition) is 3. The van der Waals surface area contributed by atoms with E-state index < -0.39 is 0 Å². The van der Waals surface area contributed by atoms with Gasteiger partial charge in [0.05, 0.1) is 11.0 Å². The highest BCUT2D eigenvalue weighted by molar-refractivity contribution is 5.81. The maximum absolute atomic E-state index is 5.41. The van der Waals surface area contributed by atoms with Crippen LogP contribution in [0, 0.1) is 0 Å². The number of hydrogen-bond acceptors (Lipinski definition) is 5. The van der Waals surface area contributed by atoms with Crippen LogP contribution in [0.4, 0.5) is 5.95 Å². The van der Waals surface area contributed by atoms with Gasteiger partial charge in [0.15, 0.2) is 11.5 Å². The lowest BCUT2D eigenvalue weighted by atomic mass is 10.3. The highest BCUT2D eigenvalue weighted by Crippen LogP contribution is 2.35. The van der Waals surface area contributed by atoms with Crippen LogP contribution >= 0.6 is 0 Å². The van der Waals surface area contributed by atoms with Crippen molar-refractivity contribution in [2.75, 3.05) is 25.2 Å². The highest BCUT2D eigenvalue weighted by Gasteiger charge is 2.15. The molecule has 0 saturated carbocycles. The molecule has 0 unspecified atom stereocenters. The van der Waals surface area contributed by atoms with E-state index in [2.05, 4.69) is 15.3 Å². The van der Waals surface area contributed by atoms with Crippen molar-refractivity contribution in [3.05, 3.63) is 12.1 Å². The fraction of sp³-hybridized carbons (Fsp3) is 0.300. The van der Waals surface area contributed by atoms with E-state index in [1.54, 1.807) is 0 Å². The Morgan fingerprint density at radius 3 is 3.00 bits per heavy atom. The largest absolute Gasteiger partial charge is 0.454 e. The zero-order chi connectivity index (χ0) is 11.0. The second-order valence-electron chi connectivity index (χ2n) is 3.52. The summed E-state index contributed by atoms with van der Waals surface area (Å²) in [4.78, 5) is 7.52. The van der Waals surface area contributed by atoms with E-state index >= 15 is 0 Å². The summed E-state index contributed by atoms with van der Waals surface area (Å²) >= 11 is 0. The van der Waals surface area contributed by atoms with Gasteiger partial charge in [-0.3, -0.25) is 0 Å². The van der Waals surface area contributed by atoms with Crippen LogP contribution in [-0.2, 0) is 0 Å². The molecule has 0 fully saturated rings. The summed E-state index contributed by atoms with van der Waals surface area (Å²) in [7, 11) is 0. The van der Waals surface area contributed by atoms with Gasteiger partial charge in [-0.1, -0.05) is 0 Å². The first-order chi connectivity index (χ1) is 7.86. The van der Waals surface area contributed by atoms with Crippen LogP contribution in [-0.4, -0.2) is 29.9 Å². The average Bonchev–Trinajstić information content (AvgIpc) is 2.87. The SMILES string of the molecule is NCCNc1nc2cc3c(cc2[nH]1)OCO3. The lowest BCUT2D eigenvalue weighted by Crippen LogP contribution is -2.13. The van der Waals surface area contributed by atoms with Crippen LogP contribution < -0.4 is 20.5 Å². The first-order valence-electron chi connectivity index (χ1n) is 5.10. The second-order valence-corrected chi connectivity index (χ2v) is 3.52. The van der Waals surface area contributed by atoms with Gasteiger partial charge < -0.3 is 25.5 Å². The molecule has 0 bridgehead atoms. The fourth-order valence-corrected chi connectivity index (χ4v) is 1.67. The molecule has 1 aliphatic rings. The van der Waals surface area contributed by atoms with Crippen LogP contribution in [0.1, 0.15) is 0 Å². The summed E-state index contributed by atoms with van der Waals surface area (Å²) in [5, 5.41) is 3.09.